The lowest BCUT2D eigenvalue weighted by atomic mass is 10.0. The van der Waals surface area contributed by atoms with E-state index >= 15 is 0 Å². The van der Waals surface area contributed by atoms with Crippen LogP contribution < -0.4 is 5.32 Å². The fraction of sp³-hybridized carbons (Fsp3) is 0.900. The molecular weight excluding hydrogens is 164 g/mol. The zero-order chi connectivity index (χ0) is 9.52. The minimum atomic E-state index is -0.207. The van der Waals surface area contributed by atoms with E-state index < -0.39 is 0 Å². The van der Waals surface area contributed by atoms with Crippen LogP contribution in [0.15, 0.2) is 0 Å². The SMILES string of the molecule is CCC(C#N)OCC1CCCNC1. The van der Waals surface area contributed by atoms with E-state index in [-0.39, 0.29) is 6.10 Å². The number of rotatable bonds is 4. The van der Waals surface area contributed by atoms with Crippen LogP contribution in [-0.4, -0.2) is 25.8 Å². The maximum absolute atomic E-state index is 8.66. The van der Waals surface area contributed by atoms with Gasteiger partial charge in [0.25, 0.3) is 0 Å². The zero-order valence-corrected chi connectivity index (χ0v) is 8.25. The first-order valence-electron chi connectivity index (χ1n) is 5.08. The molecule has 13 heavy (non-hydrogen) atoms. The molecule has 0 spiro atoms. The summed E-state index contributed by atoms with van der Waals surface area (Å²) in [6.45, 7) is 4.89. The van der Waals surface area contributed by atoms with Gasteiger partial charge in [0.2, 0.25) is 0 Å². The highest BCUT2D eigenvalue weighted by molar-refractivity contribution is 4.83. The third kappa shape index (κ3) is 3.75. The monoisotopic (exact) mass is 182 g/mol. The second-order valence-electron chi connectivity index (χ2n) is 3.57. The van der Waals surface area contributed by atoms with Crippen molar-refractivity contribution < 1.29 is 4.74 Å². The summed E-state index contributed by atoms with van der Waals surface area (Å²) < 4.78 is 5.48. The average Bonchev–Trinajstić information content (AvgIpc) is 2.21. The fourth-order valence-electron chi connectivity index (χ4n) is 1.56. The Hall–Kier alpha value is -0.590. The van der Waals surface area contributed by atoms with E-state index in [0.717, 1.165) is 26.1 Å². The Bertz CT molecular complexity index is 170. The topological polar surface area (TPSA) is 45.0 Å². The molecule has 2 unspecified atom stereocenters. The number of nitrogens with zero attached hydrogens (tertiary/aromatic N) is 1. The Labute approximate surface area is 80.1 Å². The number of piperidine rings is 1. The number of hydrogen-bond acceptors (Lipinski definition) is 3. The second-order valence-corrected chi connectivity index (χ2v) is 3.57. The quantitative estimate of drug-likeness (QED) is 0.713. The van der Waals surface area contributed by atoms with Crippen LogP contribution >= 0.6 is 0 Å². The highest BCUT2D eigenvalue weighted by Crippen LogP contribution is 2.11. The van der Waals surface area contributed by atoms with Crippen LogP contribution in [0.2, 0.25) is 0 Å². The molecule has 0 amide bonds. The van der Waals surface area contributed by atoms with Crippen molar-refractivity contribution in [3.05, 3.63) is 0 Å². The molecule has 1 aliphatic rings. The standard InChI is InChI=1S/C10H18N2O/c1-2-10(6-11)13-8-9-4-3-5-12-7-9/h9-10,12H,2-5,7-8H2,1H3. The smallest absolute Gasteiger partial charge is 0.143 e. The summed E-state index contributed by atoms with van der Waals surface area (Å²) in [6.07, 6.45) is 3.05. The van der Waals surface area contributed by atoms with Gasteiger partial charge in [0, 0.05) is 6.54 Å². The predicted molar refractivity (Wildman–Crippen MR) is 51.2 cm³/mol. The first kappa shape index (κ1) is 10.5. The molecule has 0 radical (unpaired) electrons. The van der Waals surface area contributed by atoms with Crippen LogP contribution in [0.4, 0.5) is 0 Å². The third-order valence-corrected chi connectivity index (χ3v) is 2.45. The first-order chi connectivity index (χ1) is 6.36. The van der Waals surface area contributed by atoms with Crippen molar-refractivity contribution in [3.63, 3.8) is 0 Å². The molecule has 0 aromatic carbocycles. The summed E-state index contributed by atoms with van der Waals surface area (Å²) in [5.74, 6) is 0.608. The summed E-state index contributed by atoms with van der Waals surface area (Å²) in [6, 6.07) is 2.15. The third-order valence-electron chi connectivity index (χ3n) is 2.45. The van der Waals surface area contributed by atoms with E-state index in [4.69, 9.17) is 10.00 Å². The van der Waals surface area contributed by atoms with Gasteiger partial charge < -0.3 is 10.1 Å². The van der Waals surface area contributed by atoms with Gasteiger partial charge in [-0.05, 0) is 31.7 Å². The van der Waals surface area contributed by atoms with E-state index in [1.807, 2.05) is 6.92 Å². The average molecular weight is 182 g/mol. The largest absolute Gasteiger partial charge is 0.363 e. The van der Waals surface area contributed by atoms with Crippen molar-refractivity contribution in [2.45, 2.75) is 32.3 Å². The summed E-state index contributed by atoms with van der Waals surface area (Å²) in [5, 5.41) is 12.0. The van der Waals surface area contributed by atoms with Crippen molar-refractivity contribution in [3.8, 4) is 6.07 Å². The first-order valence-corrected chi connectivity index (χ1v) is 5.08. The highest BCUT2D eigenvalue weighted by atomic mass is 16.5. The molecule has 74 valence electrons. The van der Waals surface area contributed by atoms with E-state index in [2.05, 4.69) is 11.4 Å². The van der Waals surface area contributed by atoms with Gasteiger partial charge in [0.05, 0.1) is 12.7 Å². The van der Waals surface area contributed by atoms with Crippen LogP contribution in [0.3, 0.4) is 0 Å². The summed E-state index contributed by atoms with van der Waals surface area (Å²) in [4.78, 5) is 0. The van der Waals surface area contributed by atoms with Gasteiger partial charge in [-0.1, -0.05) is 6.92 Å². The lowest BCUT2D eigenvalue weighted by Gasteiger charge is -2.23. The van der Waals surface area contributed by atoms with E-state index in [0.29, 0.717) is 5.92 Å². The molecule has 1 aliphatic heterocycles. The minimum absolute atomic E-state index is 0.207. The molecule has 2 atom stereocenters. The van der Waals surface area contributed by atoms with Gasteiger partial charge in [-0.2, -0.15) is 5.26 Å². The van der Waals surface area contributed by atoms with E-state index in [1.165, 1.54) is 12.8 Å². The van der Waals surface area contributed by atoms with Crippen LogP contribution in [0.1, 0.15) is 26.2 Å². The Kier molecular flexibility index (Phi) is 4.81. The number of ether oxygens (including phenoxy) is 1. The molecule has 1 fully saturated rings. The minimum Gasteiger partial charge on any atom is -0.363 e. The highest BCUT2D eigenvalue weighted by Gasteiger charge is 2.14. The van der Waals surface area contributed by atoms with E-state index in [9.17, 15) is 0 Å². The number of nitriles is 1. The number of hydrogen-bond donors (Lipinski definition) is 1. The van der Waals surface area contributed by atoms with E-state index in [1.54, 1.807) is 0 Å². The fourth-order valence-corrected chi connectivity index (χ4v) is 1.56. The molecule has 0 aliphatic carbocycles. The Morgan fingerprint density at radius 3 is 3.08 bits per heavy atom. The van der Waals surface area contributed by atoms with Crippen LogP contribution in [-0.2, 0) is 4.74 Å². The normalized spacial score (nSPS) is 25.1. The molecule has 0 saturated carbocycles. The van der Waals surface area contributed by atoms with Crippen LogP contribution in [0.5, 0.6) is 0 Å². The molecule has 0 aromatic heterocycles. The molecule has 0 bridgehead atoms. The molecule has 1 N–H and O–H groups in total. The summed E-state index contributed by atoms with van der Waals surface area (Å²) >= 11 is 0. The lowest BCUT2D eigenvalue weighted by molar-refractivity contribution is 0.0524. The maximum Gasteiger partial charge on any atom is 0.143 e. The van der Waals surface area contributed by atoms with Gasteiger partial charge >= 0.3 is 0 Å². The molecule has 0 aromatic rings. The van der Waals surface area contributed by atoms with Gasteiger partial charge in [0.1, 0.15) is 6.10 Å². The van der Waals surface area contributed by atoms with Crippen molar-refractivity contribution in [1.29, 1.82) is 5.26 Å². The van der Waals surface area contributed by atoms with Crippen molar-refractivity contribution in [2.75, 3.05) is 19.7 Å². The molecule has 1 heterocycles. The maximum atomic E-state index is 8.66. The predicted octanol–water partition coefficient (Wildman–Crippen LogP) is 1.30. The Morgan fingerprint density at radius 2 is 2.54 bits per heavy atom. The molecule has 3 heteroatoms. The summed E-state index contributed by atoms with van der Waals surface area (Å²) in [5.41, 5.74) is 0. The van der Waals surface area contributed by atoms with Gasteiger partial charge in [-0.15, -0.1) is 0 Å². The lowest BCUT2D eigenvalue weighted by Crippen LogP contribution is -2.33. The Balaban J connectivity index is 2.13. The van der Waals surface area contributed by atoms with Crippen molar-refractivity contribution in [2.24, 2.45) is 5.92 Å². The molecule has 1 saturated heterocycles. The van der Waals surface area contributed by atoms with Gasteiger partial charge in [0.15, 0.2) is 0 Å². The van der Waals surface area contributed by atoms with Crippen LogP contribution in [0, 0.1) is 17.2 Å². The molecule has 1 rings (SSSR count). The molecular formula is C10H18N2O. The Morgan fingerprint density at radius 1 is 1.69 bits per heavy atom. The van der Waals surface area contributed by atoms with Gasteiger partial charge in [-0.25, -0.2) is 0 Å². The number of nitrogens with one attached hydrogen (secondary N) is 1. The zero-order valence-electron chi connectivity index (χ0n) is 8.25. The van der Waals surface area contributed by atoms with Crippen molar-refractivity contribution >= 4 is 0 Å². The summed E-state index contributed by atoms with van der Waals surface area (Å²) in [7, 11) is 0. The van der Waals surface area contributed by atoms with Crippen molar-refractivity contribution in [1.82, 2.24) is 5.32 Å². The molecule has 3 nitrogen and oxygen atoms in total. The second kappa shape index (κ2) is 5.95. The van der Waals surface area contributed by atoms with Gasteiger partial charge in [-0.3, -0.25) is 0 Å². The van der Waals surface area contributed by atoms with Crippen LogP contribution in [0.25, 0.3) is 0 Å².